The monoisotopic (exact) mass is 329 g/mol. The molecule has 0 bridgehead atoms. The van der Waals surface area contributed by atoms with Crippen LogP contribution in [0.2, 0.25) is 0 Å². The molecule has 1 aliphatic carbocycles. The predicted molar refractivity (Wildman–Crippen MR) is 81.1 cm³/mol. The first-order valence-electron chi connectivity index (χ1n) is 6.66. The maximum absolute atomic E-state index is 11.8. The molecule has 0 radical (unpaired) electrons. The average molecular weight is 330 g/mol. The fourth-order valence-electron chi connectivity index (χ4n) is 2.02. The first-order valence-corrected chi connectivity index (χ1v) is 7.41. The Morgan fingerprint density at radius 1 is 1.33 bits per heavy atom. The van der Waals surface area contributed by atoms with Gasteiger partial charge in [0.1, 0.15) is 9.75 Å². The van der Waals surface area contributed by atoms with Gasteiger partial charge in [-0.2, -0.15) is 0 Å². The fraction of sp³-hybridized carbons (Fsp3) is 0.467. The third-order valence-corrected chi connectivity index (χ3v) is 4.82. The highest BCUT2D eigenvalue weighted by Gasteiger charge is 2.69. The molecule has 0 aliphatic heterocycles. The lowest BCUT2D eigenvalue weighted by molar-refractivity contribution is -0.153. The lowest BCUT2D eigenvalue weighted by Crippen LogP contribution is -2.33. The second-order valence-corrected chi connectivity index (χ2v) is 6.97. The van der Waals surface area contributed by atoms with Gasteiger partial charge in [0, 0.05) is 6.42 Å². The molecule has 1 amide bonds. The number of amides is 1. The van der Waals surface area contributed by atoms with E-state index in [0.29, 0.717) is 6.42 Å². The Kier molecular flexibility index (Phi) is 4.49. The van der Waals surface area contributed by atoms with Gasteiger partial charge in [-0.25, -0.2) is 0 Å². The number of benzene rings is 1. The molecule has 1 fully saturated rings. The average Bonchev–Trinajstić information content (AvgIpc) is 2.97. The lowest BCUT2D eigenvalue weighted by atomic mass is 10.1. The van der Waals surface area contributed by atoms with Gasteiger partial charge in [0.15, 0.2) is 6.61 Å². The van der Waals surface area contributed by atoms with Gasteiger partial charge in [0.25, 0.3) is 5.91 Å². The number of hydrogen-bond donors (Lipinski definition) is 1. The van der Waals surface area contributed by atoms with E-state index in [1.165, 1.54) is 0 Å². The van der Waals surface area contributed by atoms with Crippen LogP contribution in [0.15, 0.2) is 30.3 Å². The molecule has 21 heavy (non-hydrogen) atoms. The van der Waals surface area contributed by atoms with Crippen LogP contribution >= 0.6 is 23.2 Å². The number of alkyl halides is 2. The van der Waals surface area contributed by atoms with E-state index in [-0.39, 0.29) is 18.6 Å². The van der Waals surface area contributed by atoms with Crippen molar-refractivity contribution in [1.29, 1.82) is 0 Å². The standard InChI is InChI=1S/C15H17Cl2NO3/c1-10(11-6-4-3-5-7-11)18-12(19)8-21-13(20)14(2)9-15(14,16)17/h3-7,10H,8-9H2,1-2H3,(H,18,19)/t10-,14-/m0/s1. The number of rotatable bonds is 5. The van der Waals surface area contributed by atoms with Crippen molar-refractivity contribution < 1.29 is 14.3 Å². The molecule has 0 aromatic heterocycles. The van der Waals surface area contributed by atoms with Crippen LogP contribution in [0.1, 0.15) is 31.9 Å². The largest absolute Gasteiger partial charge is 0.455 e. The molecule has 1 saturated carbocycles. The summed E-state index contributed by atoms with van der Waals surface area (Å²) in [5.41, 5.74) is 0.0633. The first kappa shape index (κ1) is 16.1. The summed E-state index contributed by atoms with van der Waals surface area (Å²) in [6.07, 6.45) is 0.337. The SMILES string of the molecule is C[C@H](NC(=O)COC(=O)[C@]1(C)CC1(Cl)Cl)c1ccccc1. The maximum Gasteiger partial charge on any atom is 0.315 e. The Morgan fingerprint density at radius 2 is 1.90 bits per heavy atom. The molecule has 114 valence electrons. The van der Waals surface area contributed by atoms with Crippen LogP contribution < -0.4 is 5.32 Å². The zero-order chi connectivity index (χ0) is 15.7. The minimum Gasteiger partial charge on any atom is -0.455 e. The summed E-state index contributed by atoms with van der Waals surface area (Å²) in [6, 6.07) is 9.36. The van der Waals surface area contributed by atoms with Crippen molar-refractivity contribution in [2.45, 2.75) is 30.6 Å². The van der Waals surface area contributed by atoms with Crippen LogP contribution in [0.5, 0.6) is 0 Å². The van der Waals surface area contributed by atoms with Gasteiger partial charge >= 0.3 is 5.97 Å². The number of halogens is 2. The molecule has 1 N–H and O–H groups in total. The molecular formula is C15H17Cl2NO3. The van der Waals surface area contributed by atoms with Gasteiger partial charge in [-0.1, -0.05) is 30.3 Å². The van der Waals surface area contributed by atoms with Crippen molar-refractivity contribution in [2.24, 2.45) is 5.41 Å². The van der Waals surface area contributed by atoms with E-state index in [2.05, 4.69) is 5.32 Å². The number of ether oxygens (including phenoxy) is 1. The summed E-state index contributed by atoms with van der Waals surface area (Å²) in [5, 5.41) is 2.76. The highest BCUT2D eigenvalue weighted by Crippen LogP contribution is 2.64. The number of carbonyl (C=O) groups excluding carboxylic acids is 2. The van der Waals surface area contributed by atoms with Gasteiger partial charge in [-0.05, 0) is 19.4 Å². The lowest BCUT2D eigenvalue weighted by Gasteiger charge is -2.15. The van der Waals surface area contributed by atoms with Crippen LogP contribution in [0.3, 0.4) is 0 Å². The quantitative estimate of drug-likeness (QED) is 0.667. The van der Waals surface area contributed by atoms with Crippen molar-refractivity contribution >= 4 is 35.1 Å². The van der Waals surface area contributed by atoms with Gasteiger partial charge < -0.3 is 10.1 Å². The van der Waals surface area contributed by atoms with E-state index in [4.69, 9.17) is 27.9 Å². The van der Waals surface area contributed by atoms with Crippen LogP contribution in [-0.4, -0.2) is 22.8 Å². The molecule has 0 saturated heterocycles. The van der Waals surface area contributed by atoms with E-state index >= 15 is 0 Å². The maximum atomic E-state index is 11.8. The van der Waals surface area contributed by atoms with Crippen LogP contribution in [0, 0.1) is 5.41 Å². The summed E-state index contributed by atoms with van der Waals surface area (Å²) >= 11 is 11.8. The summed E-state index contributed by atoms with van der Waals surface area (Å²) in [6.45, 7) is 3.15. The third-order valence-electron chi connectivity index (χ3n) is 3.72. The molecule has 0 spiro atoms. The Labute approximate surface area is 133 Å². The fourth-order valence-corrected chi connectivity index (χ4v) is 2.71. The molecule has 4 nitrogen and oxygen atoms in total. The van der Waals surface area contributed by atoms with Crippen LogP contribution in [0.25, 0.3) is 0 Å². The molecular weight excluding hydrogens is 313 g/mol. The highest BCUT2D eigenvalue weighted by atomic mass is 35.5. The Balaban J connectivity index is 1.80. The second kappa shape index (κ2) is 5.85. The molecule has 0 unspecified atom stereocenters. The predicted octanol–water partition coefficient (Wildman–Crippen LogP) is 2.99. The number of esters is 1. The van der Waals surface area contributed by atoms with Crippen molar-refractivity contribution in [1.82, 2.24) is 5.32 Å². The van der Waals surface area contributed by atoms with Crippen LogP contribution in [0.4, 0.5) is 0 Å². The van der Waals surface area contributed by atoms with Crippen molar-refractivity contribution in [3.63, 3.8) is 0 Å². The van der Waals surface area contributed by atoms with Crippen molar-refractivity contribution in [2.75, 3.05) is 6.61 Å². The zero-order valence-corrected chi connectivity index (χ0v) is 13.4. The van der Waals surface area contributed by atoms with E-state index in [0.717, 1.165) is 5.56 Å². The summed E-state index contributed by atoms with van der Waals surface area (Å²) in [7, 11) is 0. The summed E-state index contributed by atoms with van der Waals surface area (Å²) in [4.78, 5) is 23.6. The Morgan fingerprint density at radius 3 is 2.43 bits per heavy atom. The van der Waals surface area contributed by atoms with Gasteiger partial charge in [-0.3, -0.25) is 9.59 Å². The summed E-state index contributed by atoms with van der Waals surface area (Å²) < 4.78 is 3.90. The van der Waals surface area contributed by atoms with Crippen LogP contribution in [-0.2, 0) is 14.3 Å². The van der Waals surface area contributed by atoms with Crippen molar-refractivity contribution in [3.05, 3.63) is 35.9 Å². The van der Waals surface area contributed by atoms with E-state index in [9.17, 15) is 9.59 Å². The second-order valence-electron chi connectivity index (χ2n) is 5.49. The molecule has 1 aliphatic rings. The molecule has 2 atom stereocenters. The smallest absolute Gasteiger partial charge is 0.315 e. The van der Waals surface area contributed by atoms with Gasteiger partial charge in [0.05, 0.1) is 6.04 Å². The van der Waals surface area contributed by atoms with Gasteiger partial charge in [-0.15, -0.1) is 23.2 Å². The third kappa shape index (κ3) is 3.50. The number of hydrogen-bond acceptors (Lipinski definition) is 3. The minimum atomic E-state index is -1.09. The summed E-state index contributed by atoms with van der Waals surface area (Å²) in [5.74, 6) is -0.909. The molecule has 1 aromatic rings. The number of nitrogens with one attached hydrogen (secondary N) is 1. The number of carbonyl (C=O) groups is 2. The first-order chi connectivity index (χ1) is 9.76. The van der Waals surface area contributed by atoms with E-state index < -0.39 is 15.7 Å². The Bertz CT molecular complexity index is 547. The van der Waals surface area contributed by atoms with E-state index in [1.54, 1.807) is 6.92 Å². The zero-order valence-electron chi connectivity index (χ0n) is 11.9. The topological polar surface area (TPSA) is 55.4 Å². The molecule has 1 aromatic carbocycles. The normalized spacial score (nSPS) is 24.0. The van der Waals surface area contributed by atoms with Gasteiger partial charge in [0.2, 0.25) is 0 Å². The molecule has 6 heteroatoms. The highest BCUT2D eigenvalue weighted by molar-refractivity contribution is 6.53. The molecule has 2 rings (SSSR count). The Hall–Kier alpha value is -1.26. The van der Waals surface area contributed by atoms with Crippen molar-refractivity contribution in [3.8, 4) is 0 Å². The minimum absolute atomic E-state index is 0.158. The van der Waals surface area contributed by atoms with E-state index in [1.807, 2.05) is 37.3 Å². The molecule has 0 heterocycles.